The molecular weight excluding hydrogens is 254 g/mol. The van der Waals surface area contributed by atoms with E-state index in [1.165, 1.54) is 20.0 Å². The molecule has 0 heterocycles. The average Bonchev–Trinajstić information content (AvgIpc) is 2.96. The molecule has 1 unspecified atom stereocenters. The van der Waals surface area contributed by atoms with Gasteiger partial charge in [0.25, 0.3) is 0 Å². The zero-order chi connectivity index (χ0) is 14.5. The molecule has 1 aliphatic rings. The summed E-state index contributed by atoms with van der Waals surface area (Å²) in [5, 5.41) is 12.4. The van der Waals surface area contributed by atoms with Crippen LogP contribution < -0.4 is 15.8 Å². The molecule has 106 valence electrons. The molecular formula is C15H19N3O2. The molecule has 20 heavy (non-hydrogen) atoms. The Labute approximate surface area is 118 Å². The number of nitrogens with two attached hydrogens (primary N) is 1. The zero-order valence-corrected chi connectivity index (χ0v) is 11.6. The average molecular weight is 273 g/mol. The van der Waals surface area contributed by atoms with Crippen LogP contribution in [0, 0.1) is 11.3 Å². The van der Waals surface area contributed by atoms with Gasteiger partial charge in [0.05, 0.1) is 12.7 Å². The van der Waals surface area contributed by atoms with Gasteiger partial charge in [-0.1, -0.05) is 18.9 Å². The van der Waals surface area contributed by atoms with Gasteiger partial charge in [-0.15, -0.1) is 0 Å². The molecule has 0 saturated heterocycles. The molecule has 1 amide bonds. The Morgan fingerprint density at radius 2 is 2.20 bits per heavy atom. The minimum absolute atomic E-state index is 0.320. The molecule has 5 nitrogen and oxygen atoms in total. The van der Waals surface area contributed by atoms with Gasteiger partial charge < -0.3 is 10.5 Å². The molecule has 0 bridgehead atoms. The third-order valence-corrected chi connectivity index (χ3v) is 3.72. The van der Waals surface area contributed by atoms with Crippen molar-refractivity contribution < 1.29 is 9.53 Å². The van der Waals surface area contributed by atoms with Crippen LogP contribution >= 0.6 is 0 Å². The molecule has 1 aromatic rings. The molecule has 0 spiro atoms. The summed E-state index contributed by atoms with van der Waals surface area (Å²) in [5.41, 5.74) is 6.61. The monoisotopic (exact) mass is 273 g/mol. The van der Waals surface area contributed by atoms with Gasteiger partial charge in [0.15, 0.2) is 0 Å². The van der Waals surface area contributed by atoms with Gasteiger partial charge in [0.2, 0.25) is 5.91 Å². The maximum Gasteiger partial charge on any atom is 0.239 e. The van der Waals surface area contributed by atoms with E-state index >= 15 is 0 Å². The Morgan fingerprint density at radius 1 is 1.50 bits per heavy atom. The van der Waals surface area contributed by atoms with Crippen molar-refractivity contribution in [2.45, 2.75) is 37.8 Å². The van der Waals surface area contributed by atoms with Gasteiger partial charge in [0, 0.05) is 6.04 Å². The molecule has 3 N–H and O–H groups in total. The summed E-state index contributed by atoms with van der Waals surface area (Å²) >= 11 is 0. The highest BCUT2D eigenvalue weighted by Gasteiger charge is 2.24. The van der Waals surface area contributed by atoms with Gasteiger partial charge >= 0.3 is 0 Å². The van der Waals surface area contributed by atoms with Gasteiger partial charge in [-0.2, -0.15) is 5.26 Å². The lowest BCUT2D eigenvalue weighted by Gasteiger charge is -2.21. The van der Waals surface area contributed by atoms with E-state index in [0.717, 1.165) is 12.8 Å². The summed E-state index contributed by atoms with van der Waals surface area (Å²) in [4.78, 5) is 11.7. The molecule has 1 fully saturated rings. The highest BCUT2D eigenvalue weighted by Crippen LogP contribution is 2.25. The number of nitrogens with zero attached hydrogens (tertiary/aromatic N) is 1. The summed E-state index contributed by atoms with van der Waals surface area (Å²) in [6.45, 7) is 0. The van der Waals surface area contributed by atoms with Gasteiger partial charge in [0.1, 0.15) is 17.9 Å². The Kier molecular flexibility index (Phi) is 4.59. The number of primary amides is 1. The van der Waals surface area contributed by atoms with E-state index in [-0.39, 0.29) is 0 Å². The predicted octanol–water partition coefficient (Wildman–Crippen LogP) is 1.63. The van der Waals surface area contributed by atoms with Crippen LogP contribution in [0.15, 0.2) is 18.2 Å². The minimum Gasteiger partial charge on any atom is -0.495 e. The van der Waals surface area contributed by atoms with Crippen LogP contribution in [-0.4, -0.2) is 19.1 Å². The lowest BCUT2D eigenvalue weighted by Crippen LogP contribution is -2.38. The number of carbonyl (C=O) groups excluding carboxylic acids is 1. The number of hydrogen-bond acceptors (Lipinski definition) is 4. The third-order valence-electron chi connectivity index (χ3n) is 3.72. The molecule has 1 aromatic carbocycles. The zero-order valence-electron chi connectivity index (χ0n) is 11.6. The fourth-order valence-corrected chi connectivity index (χ4v) is 2.66. The number of methoxy groups -OCH3 is 1. The second-order valence-electron chi connectivity index (χ2n) is 5.05. The maximum absolute atomic E-state index is 11.7. The SMILES string of the molecule is COc1ccc(C(NC2CCCC2)C(N)=O)cc1C#N. The van der Waals surface area contributed by atoms with Crippen molar-refractivity contribution in [3.63, 3.8) is 0 Å². The first-order valence-electron chi connectivity index (χ1n) is 6.79. The van der Waals surface area contributed by atoms with E-state index < -0.39 is 11.9 Å². The maximum atomic E-state index is 11.7. The van der Waals surface area contributed by atoms with E-state index in [2.05, 4.69) is 11.4 Å². The van der Waals surface area contributed by atoms with Crippen LogP contribution in [0.1, 0.15) is 42.9 Å². The van der Waals surface area contributed by atoms with Crippen LogP contribution in [0.2, 0.25) is 0 Å². The van der Waals surface area contributed by atoms with Crippen molar-refractivity contribution in [3.05, 3.63) is 29.3 Å². The summed E-state index contributed by atoms with van der Waals surface area (Å²) in [6, 6.07) is 6.96. The molecule has 1 atom stereocenters. The number of benzene rings is 1. The summed E-state index contributed by atoms with van der Waals surface area (Å²) < 4.78 is 5.11. The first-order valence-corrected chi connectivity index (χ1v) is 6.79. The summed E-state index contributed by atoms with van der Waals surface area (Å²) in [6.07, 6.45) is 4.47. The first-order chi connectivity index (χ1) is 9.65. The van der Waals surface area contributed by atoms with Crippen LogP contribution in [0.4, 0.5) is 0 Å². The van der Waals surface area contributed by atoms with Crippen LogP contribution in [0.25, 0.3) is 0 Å². The minimum atomic E-state index is -0.559. The van der Waals surface area contributed by atoms with Gasteiger partial charge in [-0.25, -0.2) is 0 Å². The third kappa shape index (κ3) is 3.09. The molecule has 5 heteroatoms. The van der Waals surface area contributed by atoms with Crippen molar-refractivity contribution in [1.82, 2.24) is 5.32 Å². The first kappa shape index (κ1) is 14.4. The van der Waals surface area contributed by atoms with Crippen LogP contribution in [0.3, 0.4) is 0 Å². The van der Waals surface area contributed by atoms with E-state index in [0.29, 0.717) is 22.9 Å². The number of ether oxygens (including phenoxy) is 1. The number of carbonyl (C=O) groups is 1. The van der Waals surface area contributed by atoms with Crippen molar-refractivity contribution in [2.75, 3.05) is 7.11 Å². The number of rotatable bonds is 5. The number of hydrogen-bond donors (Lipinski definition) is 2. The molecule has 0 radical (unpaired) electrons. The van der Waals surface area contributed by atoms with Crippen molar-refractivity contribution in [2.24, 2.45) is 5.73 Å². The fraction of sp³-hybridized carbons (Fsp3) is 0.467. The van der Waals surface area contributed by atoms with E-state index in [9.17, 15) is 4.79 Å². The predicted molar refractivity (Wildman–Crippen MR) is 75.0 cm³/mol. The molecule has 2 rings (SSSR count). The van der Waals surface area contributed by atoms with Crippen LogP contribution in [0.5, 0.6) is 5.75 Å². The van der Waals surface area contributed by atoms with E-state index in [1.807, 2.05) is 0 Å². The van der Waals surface area contributed by atoms with Gasteiger partial charge in [-0.3, -0.25) is 10.1 Å². The highest BCUT2D eigenvalue weighted by molar-refractivity contribution is 5.81. The van der Waals surface area contributed by atoms with Crippen molar-refractivity contribution >= 4 is 5.91 Å². The molecule has 0 aromatic heterocycles. The Hall–Kier alpha value is -2.06. The number of amides is 1. The second-order valence-corrected chi connectivity index (χ2v) is 5.05. The second kappa shape index (κ2) is 6.40. The topological polar surface area (TPSA) is 88.1 Å². The Morgan fingerprint density at radius 3 is 2.75 bits per heavy atom. The highest BCUT2D eigenvalue weighted by atomic mass is 16.5. The lowest BCUT2D eigenvalue weighted by atomic mass is 10.0. The smallest absolute Gasteiger partial charge is 0.239 e. The normalized spacial score (nSPS) is 16.6. The number of nitriles is 1. The quantitative estimate of drug-likeness (QED) is 0.853. The standard InChI is InChI=1S/C15H19N3O2/c1-20-13-7-6-10(8-11(13)9-16)14(15(17)19)18-12-4-2-3-5-12/h6-8,12,14,18H,2-5H2,1H3,(H2,17,19). The van der Waals surface area contributed by atoms with Crippen LogP contribution in [-0.2, 0) is 4.79 Å². The van der Waals surface area contributed by atoms with Gasteiger partial charge in [-0.05, 0) is 30.5 Å². The molecule has 0 aliphatic heterocycles. The lowest BCUT2D eigenvalue weighted by molar-refractivity contribution is -0.120. The summed E-state index contributed by atoms with van der Waals surface area (Å²) in [7, 11) is 1.51. The molecule has 1 aliphatic carbocycles. The van der Waals surface area contributed by atoms with E-state index in [1.54, 1.807) is 18.2 Å². The largest absolute Gasteiger partial charge is 0.495 e. The Balaban J connectivity index is 2.24. The Bertz CT molecular complexity index is 530. The van der Waals surface area contributed by atoms with Crippen molar-refractivity contribution in [1.29, 1.82) is 5.26 Å². The van der Waals surface area contributed by atoms with Crippen molar-refractivity contribution in [3.8, 4) is 11.8 Å². The van der Waals surface area contributed by atoms with E-state index in [4.69, 9.17) is 15.7 Å². The molecule has 1 saturated carbocycles. The fourth-order valence-electron chi connectivity index (χ4n) is 2.66. The summed E-state index contributed by atoms with van der Waals surface area (Å²) in [5.74, 6) is 0.0753. The number of nitrogens with one attached hydrogen (secondary N) is 1.